The van der Waals surface area contributed by atoms with Crippen LogP contribution in [0, 0.1) is 12.5 Å². The zero-order chi connectivity index (χ0) is 11.5. The summed E-state index contributed by atoms with van der Waals surface area (Å²) in [4.78, 5) is 15.0. The van der Waals surface area contributed by atoms with E-state index in [1.54, 1.807) is 0 Å². The van der Waals surface area contributed by atoms with Gasteiger partial charge < -0.3 is 0 Å². The van der Waals surface area contributed by atoms with Gasteiger partial charge in [-0.1, -0.05) is 22.5 Å². The third-order valence-corrected chi connectivity index (χ3v) is 2.86. The topological polar surface area (TPSA) is 90.2 Å². The van der Waals surface area contributed by atoms with E-state index < -0.39 is 6.03 Å². The fourth-order valence-electron chi connectivity index (χ4n) is 1.22. The number of hydrogen-bond donors (Lipinski definition) is 3. The first kappa shape index (κ1) is 10.5. The van der Waals surface area contributed by atoms with Crippen LogP contribution in [0.5, 0.6) is 0 Å². The van der Waals surface area contributed by atoms with Gasteiger partial charge in [0.25, 0.3) is 0 Å². The number of hydrogen-bond acceptors (Lipinski definition) is 5. The lowest BCUT2D eigenvalue weighted by Crippen LogP contribution is -2.25. The van der Waals surface area contributed by atoms with Crippen molar-refractivity contribution < 1.29 is 4.79 Å². The number of amides is 2. The first-order valence-corrected chi connectivity index (χ1v) is 5.31. The van der Waals surface area contributed by atoms with E-state index in [-0.39, 0.29) is 0 Å². The Balaban J connectivity index is 2.19. The molecule has 0 radical (unpaired) electrons. The number of urea groups is 1. The third kappa shape index (κ3) is 2.14. The monoisotopic (exact) mass is 235 g/mol. The van der Waals surface area contributed by atoms with Gasteiger partial charge in [0, 0.05) is 0 Å². The average Bonchev–Trinajstić information content (AvgIpc) is 2.67. The third-order valence-electron chi connectivity index (χ3n) is 1.92. The highest BCUT2D eigenvalue weighted by molar-refractivity contribution is 7.22. The summed E-state index contributed by atoms with van der Waals surface area (Å²) in [7, 11) is 0. The Bertz CT molecular complexity index is 550. The van der Waals surface area contributed by atoms with Crippen LogP contribution in [-0.2, 0) is 0 Å². The molecule has 0 bridgehead atoms. The number of benzene rings is 1. The number of fused-ring (bicyclic) bond motifs is 1. The number of nitrogens with zero attached hydrogens (tertiary/aromatic N) is 2. The molecule has 0 unspecified atom stereocenters. The van der Waals surface area contributed by atoms with Crippen molar-refractivity contribution >= 4 is 32.7 Å². The highest BCUT2D eigenvalue weighted by Crippen LogP contribution is 2.25. The molecular formula is C9H9N5OS. The zero-order valence-electron chi connectivity index (χ0n) is 8.44. The van der Waals surface area contributed by atoms with E-state index >= 15 is 0 Å². The molecule has 0 saturated carbocycles. The summed E-state index contributed by atoms with van der Waals surface area (Å²) in [5, 5.41) is 3.25. The lowest BCUT2D eigenvalue weighted by Gasteiger charge is -1.98. The summed E-state index contributed by atoms with van der Waals surface area (Å²) in [6.07, 6.45) is 0. The molecule has 0 saturated heterocycles. The second-order valence-electron chi connectivity index (χ2n) is 3.16. The van der Waals surface area contributed by atoms with Crippen molar-refractivity contribution in [1.82, 2.24) is 10.4 Å². The predicted octanol–water partition coefficient (Wildman–Crippen LogP) is 2.67. The number of hydrazine groups is 1. The Hall–Kier alpha value is -2.02. The average molecular weight is 235 g/mol. The molecule has 16 heavy (non-hydrogen) atoms. The van der Waals surface area contributed by atoms with Crippen molar-refractivity contribution in [3.8, 4) is 0 Å². The lowest BCUT2D eigenvalue weighted by molar-refractivity contribution is 0.249. The van der Waals surface area contributed by atoms with Gasteiger partial charge in [0.05, 0.1) is 10.2 Å². The maximum atomic E-state index is 10.7. The molecule has 0 aliphatic carbocycles. The lowest BCUT2D eigenvalue weighted by atomic mass is 10.2. The van der Waals surface area contributed by atoms with E-state index in [0.29, 0.717) is 5.13 Å². The molecule has 0 spiro atoms. The fourth-order valence-corrected chi connectivity index (χ4v) is 2.14. The van der Waals surface area contributed by atoms with Gasteiger partial charge in [0.2, 0.25) is 5.13 Å². The summed E-state index contributed by atoms with van der Waals surface area (Å²) in [5.41, 5.74) is 13.3. The Labute approximate surface area is 95.2 Å². The van der Waals surface area contributed by atoms with E-state index in [1.807, 2.05) is 25.1 Å². The van der Waals surface area contributed by atoms with E-state index in [0.717, 1.165) is 15.8 Å². The molecule has 2 amide bonds. The van der Waals surface area contributed by atoms with Gasteiger partial charge in [0.1, 0.15) is 0 Å². The van der Waals surface area contributed by atoms with E-state index in [9.17, 15) is 4.79 Å². The van der Waals surface area contributed by atoms with Crippen LogP contribution >= 0.6 is 11.3 Å². The number of aryl methyl sites for hydroxylation is 1. The number of aromatic nitrogens is 1. The molecule has 2 rings (SSSR count). The predicted molar refractivity (Wildman–Crippen MR) is 61.7 cm³/mol. The maximum absolute atomic E-state index is 10.7. The highest BCUT2D eigenvalue weighted by Gasteiger charge is 2.04. The maximum Gasteiger partial charge on any atom is 0.377 e. The van der Waals surface area contributed by atoms with Gasteiger partial charge in [-0.15, -0.1) is 0 Å². The van der Waals surface area contributed by atoms with Gasteiger partial charge in [0.15, 0.2) is 0 Å². The van der Waals surface area contributed by atoms with Crippen molar-refractivity contribution in [3.63, 3.8) is 0 Å². The molecule has 0 aliphatic rings. The van der Waals surface area contributed by atoms with Crippen LogP contribution in [0.2, 0.25) is 0 Å². The highest BCUT2D eigenvalue weighted by atomic mass is 32.1. The number of carbonyl (C=O) groups is 1. The molecule has 0 atom stereocenters. The first-order chi connectivity index (χ1) is 7.69. The number of thiazole rings is 1. The van der Waals surface area contributed by atoms with Gasteiger partial charge in [-0.25, -0.2) is 15.2 Å². The van der Waals surface area contributed by atoms with Crippen molar-refractivity contribution in [2.45, 2.75) is 6.92 Å². The van der Waals surface area contributed by atoms with Crippen molar-refractivity contribution in [3.05, 3.63) is 23.8 Å². The summed E-state index contributed by atoms with van der Waals surface area (Å²) in [6, 6.07) is 5.16. The molecule has 0 fully saturated rings. The molecule has 2 aromatic rings. The molecule has 7 heteroatoms. The van der Waals surface area contributed by atoms with Gasteiger partial charge in [-0.2, -0.15) is 5.53 Å². The summed E-state index contributed by atoms with van der Waals surface area (Å²) < 4.78 is 1.04. The molecule has 0 aliphatic heterocycles. The second-order valence-corrected chi connectivity index (χ2v) is 4.19. The number of carbonyl (C=O) groups excluding carboxylic acids is 1. The standard InChI is InChI=1S/C9H9N5OS/c1-5-2-3-6-7(4-5)16-9(11-6)14-13-8(15)12-10/h2-4,10H,1H3,(H,11,14)(H,13,15). The fraction of sp³-hybridized carbons (Fsp3) is 0.111. The largest absolute Gasteiger partial charge is 0.377 e. The molecule has 1 aromatic heterocycles. The Morgan fingerprint density at radius 1 is 1.56 bits per heavy atom. The minimum Gasteiger partial charge on any atom is -0.272 e. The Kier molecular flexibility index (Phi) is 2.78. The molecule has 1 aromatic carbocycles. The smallest absolute Gasteiger partial charge is 0.272 e. The van der Waals surface area contributed by atoms with Crippen LogP contribution in [0.4, 0.5) is 9.93 Å². The van der Waals surface area contributed by atoms with Crippen LogP contribution in [0.3, 0.4) is 0 Å². The normalized spacial score (nSPS) is 10.1. The van der Waals surface area contributed by atoms with Crippen LogP contribution in [0.1, 0.15) is 5.56 Å². The SMILES string of the molecule is Cc1ccc2nc(NNC(=O)N=N)sc2c1. The number of anilines is 1. The molecule has 1 heterocycles. The van der Waals surface area contributed by atoms with E-state index in [2.05, 4.69) is 20.9 Å². The minimum absolute atomic E-state index is 0.567. The van der Waals surface area contributed by atoms with Gasteiger partial charge in [-0.05, 0) is 24.6 Å². The zero-order valence-corrected chi connectivity index (χ0v) is 9.26. The summed E-state index contributed by atoms with van der Waals surface area (Å²) in [5.74, 6) is 0. The van der Waals surface area contributed by atoms with E-state index in [4.69, 9.17) is 5.53 Å². The van der Waals surface area contributed by atoms with Gasteiger partial charge >= 0.3 is 6.03 Å². The Morgan fingerprint density at radius 3 is 3.12 bits per heavy atom. The molecular weight excluding hydrogens is 226 g/mol. The summed E-state index contributed by atoms with van der Waals surface area (Å²) >= 11 is 1.42. The molecule has 3 N–H and O–H groups in total. The summed E-state index contributed by atoms with van der Waals surface area (Å²) in [6.45, 7) is 2.01. The molecule has 6 nitrogen and oxygen atoms in total. The van der Waals surface area contributed by atoms with Crippen molar-refractivity contribution in [2.75, 3.05) is 5.43 Å². The minimum atomic E-state index is -0.754. The van der Waals surface area contributed by atoms with Crippen LogP contribution in [0.25, 0.3) is 10.2 Å². The molecule has 82 valence electrons. The van der Waals surface area contributed by atoms with Crippen LogP contribution in [-0.4, -0.2) is 11.0 Å². The van der Waals surface area contributed by atoms with Crippen LogP contribution in [0.15, 0.2) is 23.3 Å². The number of rotatable bonds is 2. The van der Waals surface area contributed by atoms with Crippen molar-refractivity contribution in [1.29, 1.82) is 5.53 Å². The van der Waals surface area contributed by atoms with E-state index in [1.165, 1.54) is 11.3 Å². The van der Waals surface area contributed by atoms with Gasteiger partial charge in [-0.3, -0.25) is 5.43 Å². The second kappa shape index (κ2) is 4.23. The van der Waals surface area contributed by atoms with Crippen LogP contribution < -0.4 is 10.9 Å². The quantitative estimate of drug-likeness (QED) is 0.552. The first-order valence-electron chi connectivity index (χ1n) is 4.49. The number of nitrogens with one attached hydrogen (secondary N) is 3. The Morgan fingerprint density at radius 2 is 2.38 bits per heavy atom. The van der Waals surface area contributed by atoms with Crippen molar-refractivity contribution in [2.24, 2.45) is 5.11 Å².